The average Bonchev–Trinajstić information content (AvgIpc) is 2.34. The van der Waals surface area contributed by atoms with Crippen LogP contribution in [0.5, 0.6) is 0 Å². The molecule has 0 saturated carbocycles. The number of hydrogen-bond donors (Lipinski definition) is 0. The lowest BCUT2D eigenvalue weighted by Gasteiger charge is -2.28. The van der Waals surface area contributed by atoms with Gasteiger partial charge in [-0.15, -0.1) is 0 Å². The summed E-state index contributed by atoms with van der Waals surface area (Å²) in [7, 11) is 0. The Balaban J connectivity index is 2.78. The molecule has 4 nitrogen and oxygen atoms in total. The summed E-state index contributed by atoms with van der Waals surface area (Å²) >= 11 is 0. The predicted molar refractivity (Wildman–Crippen MR) is 72.5 cm³/mol. The first-order valence-corrected chi connectivity index (χ1v) is 7.00. The lowest BCUT2D eigenvalue weighted by Crippen LogP contribution is -2.34. The van der Waals surface area contributed by atoms with E-state index in [0.29, 0.717) is 12.8 Å². The van der Waals surface area contributed by atoms with Gasteiger partial charge in [-0.3, -0.25) is 9.59 Å². The molecule has 2 unspecified atom stereocenters. The number of carbonyl (C=O) groups excluding carboxylic acids is 2. The van der Waals surface area contributed by atoms with E-state index in [0.717, 1.165) is 0 Å². The molecule has 1 heterocycles. The van der Waals surface area contributed by atoms with Crippen LogP contribution in [-0.4, -0.2) is 23.6 Å². The molecule has 1 rings (SSSR count). The summed E-state index contributed by atoms with van der Waals surface area (Å²) in [6.07, 6.45) is 1.18. The van der Waals surface area contributed by atoms with Crippen LogP contribution in [0.4, 0.5) is 0 Å². The van der Waals surface area contributed by atoms with Crippen LogP contribution in [0, 0.1) is 11.3 Å². The molecule has 0 aromatic rings. The van der Waals surface area contributed by atoms with Crippen LogP contribution in [0.2, 0.25) is 0 Å². The normalized spacial score (nSPS) is 27.4. The van der Waals surface area contributed by atoms with Crippen molar-refractivity contribution in [2.75, 3.05) is 0 Å². The van der Waals surface area contributed by atoms with Crippen LogP contribution in [0.25, 0.3) is 0 Å². The Morgan fingerprint density at radius 2 is 2.05 bits per heavy atom. The second-order valence-electron chi connectivity index (χ2n) is 6.80. The fourth-order valence-electron chi connectivity index (χ4n) is 2.26. The van der Waals surface area contributed by atoms with Gasteiger partial charge in [0.15, 0.2) is 0 Å². The smallest absolute Gasteiger partial charge is 0.311 e. The molecule has 1 saturated heterocycles. The van der Waals surface area contributed by atoms with Crippen molar-refractivity contribution >= 4 is 11.9 Å². The number of rotatable bonds is 3. The lowest BCUT2D eigenvalue weighted by atomic mass is 9.89. The van der Waals surface area contributed by atoms with E-state index < -0.39 is 11.0 Å². The molecular weight excluding hydrogens is 244 g/mol. The van der Waals surface area contributed by atoms with Crippen molar-refractivity contribution in [2.24, 2.45) is 11.3 Å². The van der Waals surface area contributed by atoms with Gasteiger partial charge >= 0.3 is 11.9 Å². The van der Waals surface area contributed by atoms with E-state index in [2.05, 4.69) is 0 Å². The summed E-state index contributed by atoms with van der Waals surface area (Å²) in [4.78, 5) is 23.9. The standard InChI is InChI=1S/C15H26O4/c1-7-14(3,4)13(17)18-11-8-12(16)19-15(5,6)9-10(11)2/h10-11H,7-9H2,1-6H3. The lowest BCUT2D eigenvalue weighted by molar-refractivity contribution is -0.164. The van der Waals surface area contributed by atoms with E-state index in [1.807, 2.05) is 41.5 Å². The predicted octanol–water partition coefficient (Wildman–Crippen LogP) is 3.09. The molecule has 1 fully saturated rings. The van der Waals surface area contributed by atoms with E-state index >= 15 is 0 Å². The van der Waals surface area contributed by atoms with E-state index in [1.54, 1.807) is 0 Å². The van der Waals surface area contributed by atoms with Gasteiger partial charge in [-0.1, -0.05) is 13.8 Å². The van der Waals surface area contributed by atoms with Crippen molar-refractivity contribution in [1.82, 2.24) is 0 Å². The summed E-state index contributed by atoms with van der Waals surface area (Å²) in [5.41, 5.74) is -0.997. The van der Waals surface area contributed by atoms with Crippen LogP contribution < -0.4 is 0 Å². The zero-order valence-corrected chi connectivity index (χ0v) is 12.9. The van der Waals surface area contributed by atoms with Gasteiger partial charge in [-0.2, -0.15) is 0 Å². The molecule has 0 N–H and O–H groups in total. The van der Waals surface area contributed by atoms with Crippen molar-refractivity contribution in [3.05, 3.63) is 0 Å². The highest BCUT2D eigenvalue weighted by atomic mass is 16.6. The van der Waals surface area contributed by atoms with E-state index in [-0.39, 0.29) is 30.4 Å². The van der Waals surface area contributed by atoms with E-state index in [4.69, 9.17) is 9.47 Å². The van der Waals surface area contributed by atoms with Crippen molar-refractivity contribution in [3.8, 4) is 0 Å². The topological polar surface area (TPSA) is 52.6 Å². The number of ether oxygens (including phenoxy) is 2. The Hall–Kier alpha value is -1.06. The van der Waals surface area contributed by atoms with E-state index in [1.165, 1.54) is 0 Å². The summed E-state index contributed by atoms with van der Waals surface area (Å²) in [5, 5.41) is 0. The Kier molecular flexibility index (Phi) is 4.64. The molecule has 19 heavy (non-hydrogen) atoms. The highest BCUT2D eigenvalue weighted by Gasteiger charge is 2.39. The maximum absolute atomic E-state index is 12.1. The molecular formula is C15H26O4. The zero-order valence-electron chi connectivity index (χ0n) is 12.9. The van der Waals surface area contributed by atoms with Gasteiger partial charge in [-0.25, -0.2) is 0 Å². The monoisotopic (exact) mass is 270 g/mol. The first-order valence-electron chi connectivity index (χ1n) is 7.00. The van der Waals surface area contributed by atoms with Crippen molar-refractivity contribution < 1.29 is 19.1 Å². The van der Waals surface area contributed by atoms with Gasteiger partial charge in [0, 0.05) is 0 Å². The average molecular weight is 270 g/mol. The largest absolute Gasteiger partial charge is 0.461 e. The zero-order chi connectivity index (χ0) is 14.8. The number of carbonyl (C=O) groups is 2. The maximum Gasteiger partial charge on any atom is 0.311 e. The summed E-state index contributed by atoms with van der Waals surface area (Å²) in [5.74, 6) is -0.418. The van der Waals surface area contributed by atoms with Gasteiger partial charge in [0.25, 0.3) is 0 Å². The van der Waals surface area contributed by atoms with Gasteiger partial charge in [0.1, 0.15) is 11.7 Å². The fraction of sp³-hybridized carbons (Fsp3) is 0.867. The quantitative estimate of drug-likeness (QED) is 0.739. The Morgan fingerprint density at radius 1 is 1.47 bits per heavy atom. The number of esters is 2. The minimum absolute atomic E-state index is 0.109. The third kappa shape index (κ3) is 4.22. The molecule has 0 spiro atoms. The van der Waals surface area contributed by atoms with Crippen molar-refractivity contribution in [1.29, 1.82) is 0 Å². The minimum Gasteiger partial charge on any atom is -0.461 e. The van der Waals surface area contributed by atoms with Crippen LogP contribution >= 0.6 is 0 Å². The molecule has 0 aromatic carbocycles. The summed E-state index contributed by atoms with van der Waals surface area (Å²) in [6.45, 7) is 11.5. The first kappa shape index (κ1) is 16.0. The molecule has 0 amide bonds. The van der Waals surface area contributed by atoms with Crippen LogP contribution in [-0.2, 0) is 19.1 Å². The Bertz CT molecular complexity index is 357. The van der Waals surface area contributed by atoms with Gasteiger partial charge in [0.2, 0.25) is 0 Å². The molecule has 0 radical (unpaired) electrons. The molecule has 2 atom stereocenters. The van der Waals surface area contributed by atoms with Crippen LogP contribution in [0.15, 0.2) is 0 Å². The SMILES string of the molecule is CCC(C)(C)C(=O)OC1CC(=O)OC(C)(C)CC1C. The third-order valence-corrected chi connectivity index (χ3v) is 3.90. The second kappa shape index (κ2) is 5.51. The van der Waals surface area contributed by atoms with Gasteiger partial charge < -0.3 is 9.47 Å². The number of cyclic esters (lactones) is 1. The molecule has 0 aromatic heterocycles. The molecule has 4 heteroatoms. The van der Waals surface area contributed by atoms with Crippen LogP contribution in [0.1, 0.15) is 60.8 Å². The van der Waals surface area contributed by atoms with Crippen molar-refractivity contribution in [2.45, 2.75) is 72.5 Å². The van der Waals surface area contributed by atoms with Gasteiger partial charge in [0.05, 0.1) is 11.8 Å². The highest BCUT2D eigenvalue weighted by Crippen LogP contribution is 2.32. The second-order valence-corrected chi connectivity index (χ2v) is 6.80. The highest BCUT2D eigenvalue weighted by molar-refractivity contribution is 5.77. The third-order valence-electron chi connectivity index (χ3n) is 3.90. The molecule has 110 valence electrons. The Labute approximate surface area is 115 Å². The van der Waals surface area contributed by atoms with E-state index in [9.17, 15) is 9.59 Å². The maximum atomic E-state index is 12.1. The number of hydrogen-bond acceptors (Lipinski definition) is 4. The first-order chi connectivity index (χ1) is 8.57. The fourth-order valence-corrected chi connectivity index (χ4v) is 2.26. The minimum atomic E-state index is -0.508. The molecule has 1 aliphatic heterocycles. The molecule has 0 aliphatic carbocycles. The van der Waals surface area contributed by atoms with Crippen LogP contribution in [0.3, 0.4) is 0 Å². The Morgan fingerprint density at radius 3 is 2.58 bits per heavy atom. The molecule has 1 aliphatic rings. The summed E-state index contributed by atoms with van der Waals surface area (Å²) in [6, 6.07) is 0. The van der Waals surface area contributed by atoms with Crippen molar-refractivity contribution in [3.63, 3.8) is 0 Å². The van der Waals surface area contributed by atoms with Gasteiger partial charge in [-0.05, 0) is 46.5 Å². The summed E-state index contributed by atoms with van der Waals surface area (Å²) < 4.78 is 10.9. The molecule has 0 bridgehead atoms.